The van der Waals surface area contributed by atoms with Crippen LogP contribution in [0.1, 0.15) is 27.8 Å². The molecule has 0 saturated carbocycles. The Morgan fingerprint density at radius 1 is 0.800 bits per heavy atom. The van der Waals surface area contributed by atoms with Crippen LogP contribution in [0.3, 0.4) is 0 Å². The maximum Gasteiger partial charge on any atom is 0.271 e. The van der Waals surface area contributed by atoms with Crippen molar-refractivity contribution >= 4 is 40.3 Å². The number of rotatable bonds is 3. The number of anilines is 1. The fourth-order valence-corrected chi connectivity index (χ4v) is 4.25. The van der Waals surface area contributed by atoms with Crippen molar-refractivity contribution in [3.63, 3.8) is 0 Å². The Bertz CT molecular complexity index is 1180. The number of thioether (sulfide) groups is 1. The summed E-state index contributed by atoms with van der Waals surface area (Å²) in [5.74, 6) is -0.0466. The molecular weight excluding hydrogens is 388 g/mol. The third kappa shape index (κ3) is 4.10. The molecule has 0 bridgehead atoms. The van der Waals surface area contributed by atoms with Crippen molar-refractivity contribution in [2.75, 3.05) is 4.90 Å². The topological polar surface area (TPSA) is 32.7 Å². The predicted molar refractivity (Wildman–Crippen MR) is 128 cm³/mol. The lowest BCUT2D eigenvalue weighted by molar-refractivity contribution is -0.113. The van der Waals surface area contributed by atoms with Crippen molar-refractivity contribution in [1.29, 1.82) is 0 Å². The number of benzene rings is 3. The third-order valence-corrected chi connectivity index (χ3v) is 6.34. The first-order valence-electron chi connectivity index (χ1n) is 9.94. The van der Waals surface area contributed by atoms with Crippen LogP contribution in [-0.2, 0) is 4.79 Å². The quantitative estimate of drug-likeness (QED) is 0.447. The molecule has 3 aromatic carbocycles. The average molecular weight is 413 g/mol. The standard InChI is InChI=1S/C26H24N2OS/c1-17-10-12-22(14-19(17)3)27-26-28(23-13-11-18(2)20(4)15-23)25(29)24(30-26)16-21-8-6-5-7-9-21/h5-16H,1-4H3/b24-16-,27-26?. The molecule has 4 rings (SSSR count). The molecule has 1 amide bonds. The van der Waals surface area contributed by atoms with Crippen LogP contribution in [0.5, 0.6) is 0 Å². The van der Waals surface area contributed by atoms with E-state index in [-0.39, 0.29) is 5.91 Å². The first-order valence-corrected chi connectivity index (χ1v) is 10.8. The second kappa shape index (κ2) is 8.33. The van der Waals surface area contributed by atoms with E-state index in [1.54, 1.807) is 4.90 Å². The molecule has 0 radical (unpaired) electrons. The van der Waals surface area contributed by atoms with Crippen molar-refractivity contribution in [1.82, 2.24) is 0 Å². The van der Waals surface area contributed by atoms with E-state index in [0.29, 0.717) is 10.1 Å². The van der Waals surface area contributed by atoms with Crippen molar-refractivity contribution in [2.45, 2.75) is 27.7 Å². The number of hydrogen-bond acceptors (Lipinski definition) is 3. The highest BCUT2D eigenvalue weighted by Crippen LogP contribution is 2.38. The summed E-state index contributed by atoms with van der Waals surface area (Å²) < 4.78 is 0. The van der Waals surface area contributed by atoms with E-state index in [1.807, 2.05) is 48.5 Å². The van der Waals surface area contributed by atoms with Crippen molar-refractivity contribution in [3.8, 4) is 0 Å². The zero-order chi connectivity index (χ0) is 21.3. The van der Waals surface area contributed by atoms with Crippen molar-refractivity contribution in [3.05, 3.63) is 99.5 Å². The van der Waals surface area contributed by atoms with Gasteiger partial charge in [-0.2, -0.15) is 0 Å². The Morgan fingerprint density at radius 2 is 1.47 bits per heavy atom. The van der Waals surface area contributed by atoms with Gasteiger partial charge in [0.05, 0.1) is 16.3 Å². The maximum absolute atomic E-state index is 13.4. The Balaban J connectivity index is 1.80. The summed E-state index contributed by atoms with van der Waals surface area (Å²) in [5.41, 5.74) is 7.45. The van der Waals surface area contributed by atoms with E-state index in [4.69, 9.17) is 4.99 Å². The van der Waals surface area contributed by atoms with Crippen LogP contribution < -0.4 is 4.90 Å². The molecule has 0 spiro atoms. The summed E-state index contributed by atoms with van der Waals surface area (Å²) >= 11 is 1.42. The Labute approximate surface area is 182 Å². The Kier molecular flexibility index (Phi) is 5.60. The summed E-state index contributed by atoms with van der Waals surface area (Å²) in [7, 11) is 0. The summed E-state index contributed by atoms with van der Waals surface area (Å²) in [6.45, 7) is 8.30. The molecule has 1 heterocycles. The minimum Gasteiger partial charge on any atom is -0.268 e. The van der Waals surface area contributed by atoms with E-state index >= 15 is 0 Å². The third-order valence-electron chi connectivity index (χ3n) is 5.37. The summed E-state index contributed by atoms with van der Waals surface area (Å²) in [5, 5.41) is 0.675. The molecule has 150 valence electrons. The van der Waals surface area contributed by atoms with E-state index in [2.05, 4.69) is 52.0 Å². The highest BCUT2D eigenvalue weighted by Gasteiger charge is 2.34. The van der Waals surface area contributed by atoms with E-state index in [0.717, 1.165) is 22.5 Å². The normalized spacial score (nSPS) is 16.7. The molecule has 3 nitrogen and oxygen atoms in total. The van der Waals surface area contributed by atoms with Gasteiger partial charge in [-0.1, -0.05) is 42.5 Å². The molecule has 1 fully saturated rings. The Morgan fingerprint density at radius 3 is 2.13 bits per heavy atom. The second-order valence-electron chi connectivity index (χ2n) is 7.59. The SMILES string of the molecule is Cc1ccc(N=C2S/C(=C\c3ccccc3)C(=O)N2c2ccc(C)c(C)c2)cc1C. The lowest BCUT2D eigenvalue weighted by atomic mass is 10.1. The van der Waals surface area contributed by atoms with E-state index < -0.39 is 0 Å². The van der Waals surface area contributed by atoms with Crippen LogP contribution in [0, 0.1) is 27.7 Å². The molecule has 0 N–H and O–H groups in total. The van der Waals surface area contributed by atoms with Gasteiger partial charge in [-0.3, -0.25) is 9.69 Å². The highest BCUT2D eigenvalue weighted by atomic mass is 32.2. The van der Waals surface area contributed by atoms with Gasteiger partial charge in [-0.15, -0.1) is 0 Å². The smallest absolute Gasteiger partial charge is 0.268 e. The molecule has 0 aromatic heterocycles. The molecule has 0 atom stereocenters. The van der Waals surface area contributed by atoms with Gasteiger partial charge in [0.2, 0.25) is 0 Å². The average Bonchev–Trinajstić information content (AvgIpc) is 3.02. The molecule has 0 aliphatic carbocycles. The van der Waals surface area contributed by atoms with Gasteiger partial charge in [0.25, 0.3) is 5.91 Å². The number of nitrogens with zero attached hydrogens (tertiary/aromatic N) is 2. The molecule has 4 heteroatoms. The largest absolute Gasteiger partial charge is 0.271 e. The molecule has 3 aromatic rings. The molecule has 30 heavy (non-hydrogen) atoms. The Hall–Kier alpha value is -3.11. The van der Waals surface area contributed by atoms with Crippen LogP contribution in [0.4, 0.5) is 11.4 Å². The van der Waals surface area contributed by atoms with Gasteiger partial charge in [0.1, 0.15) is 0 Å². The van der Waals surface area contributed by atoms with Crippen molar-refractivity contribution in [2.24, 2.45) is 4.99 Å². The summed E-state index contributed by atoms with van der Waals surface area (Å²) in [6, 6.07) is 22.1. The van der Waals surface area contributed by atoms with Gasteiger partial charge in [0, 0.05) is 0 Å². The minimum absolute atomic E-state index is 0.0466. The highest BCUT2D eigenvalue weighted by molar-refractivity contribution is 8.19. The molecule has 1 aliphatic heterocycles. The molecular formula is C26H24N2OS. The maximum atomic E-state index is 13.4. The number of hydrogen-bond donors (Lipinski definition) is 0. The van der Waals surface area contributed by atoms with Crippen LogP contribution in [-0.4, -0.2) is 11.1 Å². The van der Waals surface area contributed by atoms with Gasteiger partial charge < -0.3 is 0 Å². The predicted octanol–water partition coefficient (Wildman–Crippen LogP) is 6.73. The van der Waals surface area contributed by atoms with Gasteiger partial charge in [0.15, 0.2) is 5.17 Å². The van der Waals surface area contributed by atoms with Crippen LogP contribution in [0.2, 0.25) is 0 Å². The minimum atomic E-state index is -0.0466. The number of aliphatic imine (C=N–C) groups is 1. The van der Waals surface area contributed by atoms with Crippen LogP contribution in [0.15, 0.2) is 76.6 Å². The molecule has 0 unspecified atom stereocenters. The first kappa shape index (κ1) is 20.2. The van der Waals surface area contributed by atoms with Gasteiger partial charge >= 0.3 is 0 Å². The zero-order valence-electron chi connectivity index (χ0n) is 17.6. The number of amides is 1. The van der Waals surface area contributed by atoms with Gasteiger partial charge in [-0.05, 0) is 97.6 Å². The number of carbonyl (C=O) groups is 1. The van der Waals surface area contributed by atoms with Crippen LogP contribution >= 0.6 is 11.8 Å². The monoisotopic (exact) mass is 412 g/mol. The lowest BCUT2D eigenvalue weighted by Crippen LogP contribution is -2.28. The summed E-state index contributed by atoms with van der Waals surface area (Å²) in [6.07, 6.45) is 1.93. The molecule has 1 saturated heterocycles. The second-order valence-corrected chi connectivity index (χ2v) is 8.60. The molecule has 1 aliphatic rings. The first-order chi connectivity index (χ1) is 14.4. The van der Waals surface area contributed by atoms with Crippen molar-refractivity contribution < 1.29 is 4.79 Å². The number of carbonyl (C=O) groups excluding carboxylic acids is 1. The van der Waals surface area contributed by atoms with Crippen LogP contribution in [0.25, 0.3) is 6.08 Å². The number of amidine groups is 1. The zero-order valence-corrected chi connectivity index (χ0v) is 18.5. The van der Waals surface area contributed by atoms with E-state index in [9.17, 15) is 4.79 Å². The fourth-order valence-electron chi connectivity index (χ4n) is 3.25. The number of aryl methyl sites for hydroxylation is 4. The summed E-state index contributed by atoms with van der Waals surface area (Å²) in [4.78, 5) is 20.6. The fraction of sp³-hybridized carbons (Fsp3) is 0.154. The van der Waals surface area contributed by atoms with E-state index in [1.165, 1.54) is 28.5 Å². The lowest BCUT2D eigenvalue weighted by Gasteiger charge is -2.17. The van der Waals surface area contributed by atoms with Gasteiger partial charge in [-0.25, -0.2) is 4.99 Å².